The van der Waals surface area contributed by atoms with Crippen molar-refractivity contribution < 1.29 is 8.78 Å². The third-order valence-corrected chi connectivity index (χ3v) is 2.77. The molecule has 0 N–H and O–H groups in total. The summed E-state index contributed by atoms with van der Waals surface area (Å²) < 4.78 is 26.6. The molecule has 0 spiro atoms. The Morgan fingerprint density at radius 1 is 1.11 bits per heavy atom. The third kappa shape index (κ3) is 2.32. The fraction of sp³-hybridized carbons (Fsp3) is 0.214. The Bertz CT molecular complexity index is 580. The van der Waals surface area contributed by atoms with Gasteiger partial charge in [0, 0.05) is 25.7 Å². The van der Waals surface area contributed by atoms with E-state index in [1.165, 1.54) is 12.1 Å². The summed E-state index contributed by atoms with van der Waals surface area (Å²) in [6.45, 7) is 1.86. The van der Waals surface area contributed by atoms with Gasteiger partial charge in [-0.1, -0.05) is 0 Å². The van der Waals surface area contributed by atoms with Gasteiger partial charge in [0.25, 0.3) is 0 Å². The van der Waals surface area contributed by atoms with Gasteiger partial charge in [-0.15, -0.1) is 0 Å². The van der Waals surface area contributed by atoms with Crippen molar-refractivity contribution in [1.82, 2.24) is 4.98 Å². The average Bonchev–Trinajstić information content (AvgIpc) is 2.30. The van der Waals surface area contributed by atoms with E-state index in [0.29, 0.717) is 11.3 Å². The van der Waals surface area contributed by atoms with Crippen LogP contribution in [0.3, 0.4) is 0 Å². The largest absolute Gasteiger partial charge is 0.376 e. The molecular formula is C14H14F2N2. The van der Waals surface area contributed by atoms with Crippen LogP contribution in [0.15, 0.2) is 30.5 Å². The number of benzene rings is 1. The molecule has 94 valence electrons. The SMILES string of the molecule is Cc1cc(N(C)C)cnc1-c1ccc(F)cc1F. The fourth-order valence-corrected chi connectivity index (χ4v) is 1.77. The topological polar surface area (TPSA) is 16.1 Å². The van der Waals surface area contributed by atoms with Gasteiger partial charge in [-0.25, -0.2) is 8.78 Å². The van der Waals surface area contributed by atoms with E-state index in [-0.39, 0.29) is 0 Å². The number of hydrogen-bond donors (Lipinski definition) is 0. The lowest BCUT2D eigenvalue weighted by atomic mass is 10.1. The van der Waals surface area contributed by atoms with Gasteiger partial charge in [-0.3, -0.25) is 4.98 Å². The van der Waals surface area contributed by atoms with E-state index in [2.05, 4.69) is 4.98 Å². The zero-order valence-corrected chi connectivity index (χ0v) is 10.5. The second-order valence-electron chi connectivity index (χ2n) is 4.38. The maximum Gasteiger partial charge on any atom is 0.135 e. The number of hydrogen-bond acceptors (Lipinski definition) is 2. The van der Waals surface area contributed by atoms with Crippen LogP contribution in [0.5, 0.6) is 0 Å². The second kappa shape index (κ2) is 4.72. The summed E-state index contributed by atoms with van der Waals surface area (Å²) in [6.07, 6.45) is 1.67. The molecule has 4 heteroatoms. The summed E-state index contributed by atoms with van der Waals surface area (Å²) >= 11 is 0. The van der Waals surface area contributed by atoms with Crippen LogP contribution in [0.2, 0.25) is 0 Å². The van der Waals surface area contributed by atoms with E-state index in [1.807, 2.05) is 32.0 Å². The zero-order valence-electron chi connectivity index (χ0n) is 10.5. The average molecular weight is 248 g/mol. The molecule has 1 heterocycles. The lowest BCUT2D eigenvalue weighted by Gasteiger charge is -2.14. The summed E-state index contributed by atoms with van der Waals surface area (Å²) in [5.41, 5.74) is 2.66. The quantitative estimate of drug-likeness (QED) is 0.809. The van der Waals surface area contributed by atoms with Gasteiger partial charge in [-0.05, 0) is 30.7 Å². The van der Waals surface area contributed by atoms with Crippen LogP contribution in [-0.2, 0) is 0 Å². The maximum absolute atomic E-state index is 13.7. The van der Waals surface area contributed by atoms with E-state index in [1.54, 1.807) is 6.20 Å². The first kappa shape index (κ1) is 12.5. The summed E-state index contributed by atoms with van der Waals surface area (Å²) in [6, 6.07) is 5.44. The lowest BCUT2D eigenvalue weighted by Crippen LogP contribution is -2.09. The molecule has 0 saturated heterocycles. The van der Waals surface area contributed by atoms with Crippen molar-refractivity contribution in [2.45, 2.75) is 6.92 Å². The molecule has 1 aromatic heterocycles. The van der Waals surface area contributed by atoms with Crippen LogP contribution in [0.25, 0.3) is 11.3 Å². The molecule has 0 atom stereocenters. The molecular weight excluding hydrogens is 234 g/mol. The van der Waals surface area contributed by atoms with Gasteiger partial charge in [0.1, 0.15) is 11.6 Å². The Balaban J connectivity index is 2.51. The van der Waals surface area contributed by atoms with Gasteiger partial charge >= 0.3 is 0 Å². The molecule has 0 bridgehead atoms. The molecule has 0 radical (unpaired) electrons. The van der Waals surface area contributed by atoms with E-state index in [4.69, 9.17) is 0 Å². The molecule has 0 aliphatic rings. The molecule has 2 aromatic rings. The highest BCUT2D eigenvalue weighted by Crippen LogP contribution is 2.26. The molecule has 0 amide bonds. The Hall–Kier alpha value is -1.97. The van der Waals surface area contributed by atoms with E-state index >= 15 is 0 Å². The third-order valence-electron chi connectivity index (χ3n) is 2.77. The Morgan fingerprint density at radius 3 is 2.39 bits per heavy atom. The van der Waals surface area contributed by atoms with Crippen LogP contribution >= 0.6 is 0 Å². The smallest absolute Gasteiger partial charge is 0.135 e. The number of anilines is 1. The van der Waals surface area contributed by atoms with Gasteiger partial charge in [0.2, 0.25) is 0 Å². The van der Waals surface area contributed by atoms with Gasteiger partial charge < -0.3 is 4.90 Å². The number of nitrogens with zero attached hydrogens (tertiary/aromatic N) is 2. The highest BCUT2D eigenvalue weighted by molar-refractivity contribution is 5.66. The zero-order chi connectivity index (χ0) is 13.3. The van der Waals surface area contributed by atoms with Crippen molar-refractivity contribution in [2.24, 2.45) is 0 Å². The molecule has 1 aromatic carbocycles. The maximum atomic E-state index is 13.7. The minimum absolute atomic E-state index is 0.319. The van der Waals surface area contributed by atoms with Gasteiger partial charge in [0.15, 0.2) is 0 Å². The number of aryl methyl sites for hydroxylation is 1. The minimum atomic E-state index is -0.594. The monoisotopic (exact) mass is 248 g/mol. The highest BCUT2D eigenvalue weighted by Gasteiger charge is 2.11. The van der Waals surface area contributed by atoms with Crippen LogP contribution in [-0.4, -0.2) is 19.1 Å². The number of halogens is 2. The first-order valence-corrected chi connectivity index (χ1v) is 5.58. The standard InChI is InChI=1S/C14H14F2N2/c1-9-6-11(18(2)3)8-17-14(9)12-5-4-10(15)7-13(12)16/h4-8H,1-3H3. The normalized spacial score (nSPS) is 10.5. The highest BCUT2D eigenvalue weighted by atomic mass is 19.1. The van der Waals surface area contributed by atoms with Crippen LogP contribution < -0.4 is 4.90 Å². The second-order valence-corrected chi connectivity index (χ2v) is 4.38. The summed E-state index contributed by atoms with van der Waals surface area (Å²) in [4.78, 5) is 6.18. The number of pyridine rings is 1. The summed E-state index contributed by atoms with van der Waals surface area (Å²) in [5, 5.41) is 0. The molecule has 0 aliphatic heterocycles. The first-order valence-electron chi connectivity index (χ1n) is 5.58. The van der Waals surface area contributed by atoms with Crippen molar-refractivity contribution in [3.63, 3.8) is 0 Å². The van der Waals surface area contributed by atoms with Gasteiger partial charge in [-0.2, -0.15) is 0 Å². The summed E-state index contributed by atoms with van der Waals surface area (Å²) in [7, 11) is 3.82. The molecule has 2 nitrogen and oxygen atoms in total. The molecule has 0 unspecified atom stereocenters. The van der Waals surface area contributed by atoms with Crippen molar-refractivity contribution in [1.29, 1.82) is 0 Å². The predicted octanol–water partition coefficient (Wildman–Crippen LogP) is 3.40. The molecule has 0 aliphatic carbocycles. The Kier molecular flexibility index (Phi) is 3.28. The van der Waals surface area contributed by atoms with E-state index in [9.17, 15) is 8.78 Å². The van der Waals surface area contributed by atoms with E-state index in [0.717, 1.165) is 17.3 Å². The Labute approximate surface area is 105 Å². The molecule has 18 heavy (non-hydrogen) atoms. The van der Waals surface area contributed by atoms with Crippen molar-refractivity contribution >= 4 is 5.69 Å². The Morgan fingerprint density at radius 2 is 1.83 bits per heavy atom. The molecule has 2 rings (SSSR count). The van der Waals surface area contributed by atoms with Crippen molar-refractivity contribution in [3.8, 4) is 11.3 Å². The van der Waals surface area contributed by atoms with Crippen molar-refractivity contribution in [2.75, 3.05) is 19.0 Å². The first-order chi connectivity index (χ1) is 8.49. The molecule has 0 fully saturated rings. The fourth-order valence-electron chi connectivity index (χ4n) is 1.77. The van der Waals surface area contributed by atoms with Crippen LogP contribution in [0.1, 0.15) is 5.56 Å². The summed E-state index contributed by atoms with van der Waals surface area (Å²) in [5.74, 6) is -1.18. The number of aromatic nitrogens is 1. The van der Waals surface area contributed by atoms with E-state index < -0.39 is 11.6 Å². The van der Waals surface area contributed by atoms with Crippen LogP contribution in [0.4, 0.5) is 14.5 Å². The van der Waals surface area contributed by atoms with Crippen LogP contribution in [0, 0.1) is 18.6 Å². The van der Waals surface area contributed by atoms with Gasteiger partial charge in [0.05, 0.1) is 17.6 Å². The lowest BCUT2D eigenvalue weighted by molar-refractivity contribution is 0.585. The molecule has 0 saturated carbocycles. The minimum Gasteiger partial charge on any atom is -0.376 e. The van der Waals surface area contributed by atoms with Crippen molar-refractivity contribution in [3.05, 3.63) is 47.7 Å². The predicted molar refractivity (Wildman–Crippen MR) is 68.7 cm³/mol. The number of rotatable bonds is 2.